The molecule has 1 N–H and O–H groups in total. The molecule has 0 radical (unpaired) electrons. The summed E-state index contributed by atoms with van der Waals surface area (Å²) < 4.78 is 31.6. The number of aliphatic carboxylic acids is 1. The van der Waals surface area contributed by atoms with Gasteiger partial charge in [0.05, 0.1) is 16.8 Å². The van der Waals surface area contributed by atoms with E-state index in [4.69, 9.17) is 4.74 Å². The Bertz CT molecular complexity index is 916. The van der Waals surface area contributed by atoms with E-state index in [1.165, 1.54) is 19.2 Å². The number of carboxylic acids is 1. The fourth-order valence-corrected chi connectivity index (χ4v) is 6.07. The Hall–Kier alpha value is -2.18. The lowest BCUT2D eigenvalue weighted by Gasteiger charge is -2.12. The molecule has 26 heavy (non-hydrogen) atoms. The van der Waals surface area contributed by atoms with Crippen molar-refractivity contribution in [2.45, 2.75) is 29.9 Å². The summed E-state index contributed by atoms with van der Waals surface area (Å²) in [6.45, 7) is 3.64. The van der Waals surface area contributed by atoms with Crippen molar-refractivity contribution >= 4 is 15.8 Å². The number of rotatable bonds is 6. The summed E-state index contributed by atoms with van der Waals surface area (Å²) in [6.07, 6.45) is 0. The average Bonchev–Trinajstić information content (AvgIpc) is 3.27. The minimum Gasteiger partial charge on any atom is -0.481 e. The first kappa shape index (κ1) is 18.6. The van der Waals surface area contributed by atoms with Gasteiger partial charge in [0.1, 0.15) is 5.41 Å². The van der Waals surface area contributed by atoms with Crippen LogP contribution in [0, 0.1) is 19.3 Å². The summed E-state index contributed by atoms with van der Waals surface area (Å²) in [5.74, 6) is -1.79. The van der Waals surface area contributed by atoms with Crippen LogP contribution in [0.4, 0.5) is 0 Å². The van der Waals surface area contributed by atoms with Crippen LogP contribution in [0.3, 0.4) is 0 Å². The Morgan fingerprint density at radius 2 is 1.54 bits per heavy atom. The Morgan fingerprint density at radius 3 is 2.00 bits per heavy atom. The topological polar surface area (TPSA) is 80.7 Å². The lowest BCUT2D eigenvalue weighted by Crippen LogP contribution is -2.28. The molecule has 0 spiro atoms. The zero-order valence-electron chi connectivity index (χ0n) is 15.0. The van der Waals surface area contributed by atoms with E-state index in [1.54, 1.807) is 24.3 Å². The second-order valence-electron chi connectivity index (χ2n) is 6.95. The van der Waals surface area contributed by atoms with Crippen LogP contribution in [0.15, 0.2) is 53.4 Å². The highest BCUT2D eigenvalue weighted by Gasteiger charge is 2.76. The second kappa shape index (κ2) is 6.52. The van der Waals surface area contributed by atoms with E-state index in [9.17, 15) is 18.3 Å². The lowest BCUT2D eigenvalue weighted by atomic mass is 9.99. The van der Waals surface area contributed by atoms with Gasteiger partial charge in [0.2, 0.25) is 0 Å². The molecule has 0 saturated heterocycles. The first-order valence-corrected chi connectivity index (χ1v) is 9.89. The molecule has 1 aliphatic rings. The zero-order chi connectivity index (χ0) is 19.1. The van der Waals surface area contributed by atoms with Crippen LogP contribution in [-0.2, 0) is 19.4 Å². The molecule has 1 aliphatic carbocycles. The van der Waals surface area contributed by atoms with E-state index in [0.717, 1.165) is 11.1 Å². The Balaban J connectivity index is 2.11. The maximum absolute atomic E-state index is 13.2. The van der Waals surface area contributed by atoms with Crippen LogP contribution in [-0.4, -0.2) is 38.5 Å². The summed E-state index contributed by atoms with van der Waals surface area (Å²) in [4.78, 5) is 12.3. The third-order valence-electron chi connectivity index (χ3n) is 5.16. The van der Waals surface area contributed by atoms with Crippen LogP contribution >= 0.6 is 0 Å². The van der Waals surface area contributed by atoms with Crippen molar-refractivity contribution in [3.05, 3.63) is 65.2 Å². The minimum atomic E-state index is -3.83. The monoisotopic (exact) mass is 374 g/mol. The molecular weight excluding hydrogens is 352 g/mol. The molecule has 3 rings (SSSR count). The van der Waals surface area contributed by atoms with E-state index in [1.807, 2.05) is 26.0 Å². The molecule has 3 unspecified atom stereocenters. The first-order chi connectivity index (χ1) is 12.2. The molecule has 5 nitrogen and oxygen atoms in total. The number of hydrogen-bond acceptors (Lipinski definition) is 4. The van der Waals surface area contributed by atoms with Crippen LogP contribution in [0.25, 0.3) is 0 Å². The standard InChI is InChI=1S/C20H22O5S/c1-13-4-8-15(9-5-13)17-18(20(17,12-25-3)19(21)22)26(23,24)16-10-6-14(2)7-11-16/h4-11,17-18H,12H2,1-3H3,(H,21,22). The maximum Gasteiger partial charge on any atom is 0.314 e. The van der Waals surface area contributed by atoms with Crippen molar-refractivity contribution in [3.63, 3.8) is 0 Å². The molecule has 0 amide bonds. The summed E-state index contributed by atoms with van der Waals surface area (Å²) in [5.41, 5.74) is 1.19. The van der Waals surface area contributed by atoms with Gasteiger partial charge < -0.3 is 9.84 Å². The van der Waals surface area contributed by atoms with Gasteiger partial charge in [-0.05, 0) is 31.5 Å². The van der Waals surface area contributed by atoms with Crippen LogP contribution in [0.2, 0.25) is 0 Å². The Labute approximate surface area is 153 Å². The first-order valence-electron chi connectivity index (χ1n) is 8.34. The SMILES string of the molecule is COCC1(C(=O)O)C(c2ccc(C)cc2)C1S(=O)(=O)c1ccc(C)cc1. The number of benzene rings is 2. The predicted octanol–water partition coefficient (Wildman–Crippen LogP) is 2.96. The largest absolute Gasteiger partial charge is 0.481 e. The van der Waals surface area contributed by atoms with Gasteiger partial charge in [-0.3, -0.25) is 4.79 Å². The normalized spacial score (nSPS) is 25.0. The molecule has 3 atom stereocenters. The van der Waals surface area contributed by atoms with Gasteiger partial charge in [0.25, 0.3) is 0 Å². The third kappa shape index (κ3) is 2.83. The molecule has 0 bridgehead atoms. The molecule has 0 heterocycles. The average molecular weight is 374 g/mol. The Kier molecular flexibility index (Phi) is 4.67. The molecule has 0 aromatic heterocycles. The van der Waals surface area contributed by atoms with Crippen molar-refractivity contribution in [1.29, 1.82) is 0 Å². The fourth-order valence-electron chi connectivity index (χ4n) is 3.71. The molecule has 138 valence electrons. The van der Waals surface area contributed by atoms with Gasteiger partial charge in [-0.25, -0.2) is 8.42 Å². The number of methoxy groups -OCH3 is 1. The van der Waals surface area contributed by atoms with E-state index in [-0.39, 0.29) is 11.5 Å². The number of carboxylic acid groups (broad SMARTS) is 1. The van der Waals surface area contributed by atoms with Crippen LogP contribution < -0.4 is 0 Å². The molecule has 2 aromatic rings. The van der Waals surface area contributed by atoms with Crippen molar-refractivity contribution in [2.24, 2.45) is 5.41 Å². The summed E-state index contributed by atoms with van der Waals surface area (Å²) in [7, 11) is -2.43. The van der Waals surface area contributed by atoms with Gasteiger partial charge in [0, 0.05) is 13.0 Å². The maximum atomic E-state index is 13.2. The molecule has 6 heteroatoms. The fraction of sp³-hybridized carbons (Fsp3) is 0.350. The predicted molar refractivity (Wildman–Crippen MR) is 98.0 cm³/mol. The lowest BCUT2D eigenvalue weighted by molar-refractivity contribution is -0.145. The van der Waals surface area contributed by atoms with Gasteiger partial charge >= 0.3 is 5.97 Å². The Morgan fingerprint density at radius 1 is 1.04 bits per heavy atom. The van der Waals surface area contributed by atoms with Crippen molar-refractivity contribution < 1.29 is 23.1 Å². The highest BCUT2D eigenvalue weighted by atomic mass is 32.2. The highest BCUT2D eigenvalue weighted by Crippen LogP contribution is 2.64. The zero-order valence-corrected chi connectivity index (χ0v) is 15.8. The quantitative estimate of drug-likeness (QED) is 0.841. The summed E-state index contributed by atoms with van der Waals surface area (Å²) in [6, 6.07) is 13.8. The minimum absolute atomic E-state index is 0.143. The van der Waals surface area contributed by atoms with Gasteiger partial charge in [0.15, 0.2) is 9.84 Å². The van der Waals surface area contributed by atoms with Crippen LogP contribution in [0.1, 0.15) is 22.6 Å². The molecule has 2 aromatic carbocycles. The van der Waals surface area contributed by atoms with Crippen molar-refractivity contribution in [2.75, 3.05) is 13.7 Å². The second-order valence-corrected chi connectivity index (χ2v) is 9.01. The summed E-state index contributed by atoms with van der Waals surface area (Å²) in [5, 5.41) is 8.84. The van der Waals surface area contributed by atoms with Crippen LogP contribution in [0.5, 0.6) is 0 Å². The van der Waals surface area contributed by atoms with Crippen molar-refractivity contribution in [3.8, 4) is 0 Å². The number of carbonyl (C=O) groups is 1. The molecule has 0 aliphatic heterocycles. The third-order valence-corrected chi connectivity index (χ3v) is 7.45. The summed E-state index contributed by atoms with van der Waals surface area (Å²) >= 11 is 0. The van der Waals surface area contributed by atoms with E-state index >= 15 is 0 Å². The van der Waals surface area contributed by atoms with E-state index < -0.39 is 32.4 Å². The number of hydrogen-bond donors (Lipinski definition) is 1. The number of ether oxygens (including phenoxy) is 1. The smallest absolute Gasteiger partial charge is 0.314 e. The molecule has 1 fully saturated rings. The number of sulfone groups is 1. The van der Waals surface area contributed by atoms with Gasteiger partial charge in [-0.1, -0.05) is 47.5 Å². The molecule has 1 saturated carbocycles. The van der Waals surface area contributed by atoms with Gasteiger partial charge in [-0.15, -0.1) is 0 Å². The van der Waals surface area contributed by atoms with E-state index in [0.29, 0.717) is 5.56 Å². The molecular formula is C20H22O5S. The number of aryl methyl sites for hydroxylation is 2. The van der Waals surface area contributed by atoms with E-state index in [2.05, 4.69) is 0 Å². The van der Waals surface area contributed by atoms with Crippen molar-refractivity contribution in [1.82, 2.24) is 0 Å². The van der Waals surface area contributed by atoms with Gasteiger partial charge in [-0.2, -0.15) is 0 Å². The highest BCUT2D eigenvalue weighted by molar-refractivity contribution is 7.92.